The second-order valence-electron chi connectivity index (χ2n) is 7.12. The SMILES string of the molecule is COCc1nc(OC)c2c(C)c(C(=O)N(C)Cc3c(C)nc4sc(C)cn34)sc2n1. The van der Waals surface area contributed by atoms with Crippen LogP contribution in [-0.4, -0.2) is 51.4 Å². The average Bonchev–Trinajstić information content (AvgIpc) is 3.32. The molecule has 1 amide bonds. The summed E-state index contributed by atoms with van der Waals surface area (Å²) < 4.78 is 12.7. The lowest BCUT2D eigenvalue weighted by Crippen LogP contribution is -2.26. The van der Waals surface area contributed by atoms with E-state index in [9.17, 15) is 4.79 Å². The molecule has 4 aromatic heterocycles. The summed E-state index contributed by atoms with van der Waals surface area (Å²) in [6.07, 6.45) is 2.07. The first-order chi connectivity index (χ1) is 14.3. The molecule has 158 valence electrons. The Bertz CT molecular complexity index is 1260. The highest BCUT2D eigenvalue weighted by Gasteiger charge is 2.24. The number of hydrogen-bond donors (Lipinski definition) is 0. The van der Waals surface area contributed by atoms with E-state index >= 15 is 0 Å². The molecule has 0 radical (unpaired) electrons. The zero-order valence-corrected chi connectivity index (χ0v) is 19.4. The van der Waals surface area contributed by atoms with Gasteiger partial charge in [0.1, 0.15) is 11.4 Å². The second kappa shape index (κ2) is 7.93. The van der Waals surface area contributed by atoms with Crippen LogP contribution in [0.3, 0.4) is 0 Å². The molecule has 0 aliphatic heterocycles. The van der Waals surface area contributed by atoms with Crippen molar-refractivity contribution in [2.75, 3.05) is 21.3 Å². The summed E-state index contributed by atoms with van der Waals surface area (Å²) in [6.45, 7) is 6.69. The third kappa shape index (κ3) is 3.44. The number of aromatic nitrogens is 4. The maximum Gasteiger partial charge on any atom is 0.264 e. The summed E-state index contributed by atoms with van der Waals surface area (Å²) in [7, 11) is 4.97. The summed E-state index contributed by atoms with van der Waals surface area (Å²) in [5.41, 5.74) is 2.78. The van der Waals surface area contributed by atoms with E-state index in [2.05, 4.69) is 32.5 Å². The van der Waals surface area contributed by atoms with Crippen LogP contribution in [-0.2, 0) is 17.9 Å². The maximum atomic E-state index is 13.3. The van der Waals surface area contributed by atoms with Gasteiger partial charge in [-0.15, -0.1) is 22.7 Å². The average molecular weight is 446 g/mol. The molecule has 4 rings (SSSR count). The minimum absolute atomic E-state index is 0.0628. The lowest BCUT2D eigenvalue weighted by Gasteiger charge is -2.17. The van der Waals surface area contributed by atoms with Crippen LogP contribution in [0.5, 0.6) is 5.88 Å². The largest absolute Gasteiger partial charge is 0.480 e. The quantitative estimate of drug-likeness (QED) is 0.450. The first-order valence-corrected chi connectivity index (χ1v) is 11.0. The number of imidazole rings is 1. The Balaban J connectivity index is 1.69. The fourth-order valence-corrected chi connectivity index (χ4v) is 5.53. The van der Waals surface area contributed by atoms with Gasteiger partial charge >= 0.3 is 0 Å². The highest BCUT2D eigenvalue weighted by atomic mass is 32.1. The van der Waals surface area contributed by atoms with Gasteiger partial charge in [-0.05, 0) is 26.3 Å². The van der Waals surface area contributed by atoms with Gasteiger partial charge in [-0.3, -0.25) is 9.20 Å². The highest BCUT2D eigenvalue weighted by Crippen LogP contribution is 2.36. The van der Waals surface area contributed by atoms with Crippen molar-refractivity contribution in [1.82, 2.24) is 24.3 Å². The fraction of sp³-hybridized carbons (Fsp3) is 0.400. The number of nitrogens with zero attached hydrogens (tertiary/aromatic N) is 5. The third-order valence-electron chi connectivity index (χ3n) is 4.94. The number of methoxy groups -OCH3 is 2. The number of ether oxygens (including phenoxy) is 2. The first-order valence-electron chi connectivity index (χ1n) is 9.36. The lowest BCUT2D eigenvalue weighted by atomic mass is 10.2. The number of aryl methyl sites for hydroxylation is 3. The molecule has 10 heteroatoms. The zero-order valence-electron chi connectivity index (χ0n) is 17.8. The van der Waals surface area contributed by atoms with Crippen molar-refractivity contribution in [1.29, 1.82) is 0 Å². The van der Waals surface area contributed by atoms with E-state index in [0.29, 0.717) is 23.1 Å². The van der Waals surface area contributed by atoms with Crippen LogP contribution < -0.4 is 4.74 Å². The Hall–Kier alpha value is -2.56. The molecule has 0 spiro atoms. The van der Waals surface area contributed by atoms with Crippen LogP contribution in [0, 0.1) is 20.8 Å². The van der Waals surface area contributed by atoms with Gasteiger partial charge in [-0.25, -0.2) is 9.97 Å². The highest BCUT2D eigenvalue weighted by molar-refractivity contribution is 7.20. The van der Waals surface area contributed by atoms with Crippen LogP contribution in [0.1, 0.15) is 37.3 Å². The number of hydrogen-bond acceptors (Lipinski definition) is 8. The summed E-state index contributed by atoms with van der Waals surface area (Å²) in [6, 6.07) is 0. The molecule has 30 heavy (non-hydrogen) atoms. The smallest absolute Gasteiger partial charge is 0.264 e. The second-order valence-corrected chi connectivity index (χ2v) is 9.33. The monoisotopic (exact) mass is 445 g/mol. The Morgan fingerprint density at radius 1 is 1.17 bits per heavy atom. The van der Waals surface area contributed by atoms with Crippen LogP contribution in [0.25, 0.3) is 15.2 Å². The van der Waals surface area contributed by atoms with Crippen molar-refractivity contribution in [3.05, 3.63) is 38.7 Å². The molecular weight excluding hydrogens is 422 g/mol. The number of thiazole rings is 1. The molecule has 8 nitrogen and oxygen atoms in total. The molecule has 0 aliphatic rings. The van der Waals surface area contributed by atoms with E-state index in [4.69, 9.17) is 9.47 Å². The van der Waals surface area contributed by atoms with E-state index < -0.39 is 0 Å². The molecular formula is C20H23N5O3S2. The summed E-state index contributed by atoms with van der Waals surface area (Å²) in [5, 5.41) is 0.774. The van der Waals surface area contributed by atoms with Gasteiger partial charge in [0, 0.05) is 25.2 Å². The summed E-state index contributed by atoms with van der Waals surface area (Å²) >= 11 is 3.00. The van der Waals surface area contributed by atoms with Gasteiger partial charge in [0.05, 0.1) is 35.3 Å². The Kier molecular flexibility index (Phi) is 5.48. The van der Waals surface area contributed by atoms with E-state index in [1.165, 1.54) is 16.2 Å². The van der Waals surface area contributed by atoms with Crippen LogP contribution in [0.4, 0.5) is 0 Å². The number of thiophene rings is 1. The van der Waals surface area contributed by atoms with Crippen LogP contribution in [0.2, 0.25) is 0 Å². The zero-order chi connectivity index (χ0) is 21.6. The van der Waals surface area contributed by atoms with E-state index in [0.717, 1.165) is 32.1 Å². The van der Waals surface area contributed by atoms with Gasteiger partial charge < -0.3 is 14.4 Å². The van der Waals surface area contributed by atoms with E-state index in [1.54, 1.807) is 30.5 Å². The first kappa shape index (κ1) is 20.7. The Morgan fingerprint density at radius 2 is 1.93 bits per heavy atom. The lowest BCUT2D eigenvalue weighted by molar-refractivity contribution is 0.0787. The normalized spacial score (nSPS) is 11.5. The number of carbonyl (C=O) groups is 1. The Labute approximate surface area is 182 Å². The van der Waals surface area contributed by atoms with Crippen molar-refractivity contribution in [2.45, 2.75) is 33.9 Å². The van der Waals surface area contributed by atoms with Crippen molar-refractivity contribution >= 4 is 43.8 Å². The molecule has 0 bridgehead atoms. The predicted octanol–water partition coefficient (Wildman–Crippen LogP) is 3.75. The van der Waals surface area contributed by atoms with Gasteiger partial charge in [-0.1, -0.05) is 0 Å². The maximum absolute atomic E-state index is 13.3. The number of carbonyl (C=O) groups excluding carboxylic acids is 1. The van der Waals surface area contributed by atoms with Crippen molar-refractivity contribution in [2.24, 2.45) is 0 Å². The molecule has 0 aliphatic carbocycles. The minimum atomic E-state index is -0.0628. The molecule has 0 saturated carbocycles. The molecule has 0 unspecified atom stereocenters. The number of rotatable bonds is 6. The van der Waals surface area contributed by atoms with Gasteiger partial charge in [0.25, 0.3) is 5.91 Å². The number of fused-ring (bicyclic) bond motifs is 2. The third-order valence-corrected chi connectivity index (χ3v) is 7.01. The van der Waals surface area contributed by atoms with Crippen molar-refractivity contribution < 1.29 is 14.3 Å². The Morgan fingerprint density at radius 3 is 2.63 bits per heavy atom. The summed E-state index contributed by atoms with van der Waals surface area (Å²) in [4.78, 5) is 32.1. The molecule has 4 aromatic rings. The standard InChI is InChI=1S/C20H23N5O3S2/c1-10-7-25-13(12(3)21-20(25)29-10)8-24(4)19(26)16-11(2)15-17(28-6)22-14(9-27-5)23-18(15)30-16/h7H,8-9H2,1-6H3. The molecule has 0 fully saturated rings. The molecule has 0 N–H and O–H groups in total. The van der Waals surface area contributed by atoms with E-state index in [1.807, 2.05) is 20.9 Å². The molecule has 0 atom stereocenters. The fourth-order valence-electron chi connectivity index (χ4n) is 3.46. The van der Waals surface area contributed by atoms with Gasteiger partial charge in [0.15, 0.2) is 10.8 Å². The van der Waals surface area contributed by atoms with Crippen LogP contribution in [0.15, 0.2) is 6.20 Å². The van der Waals surface area contributed by atoms with Crippen molar-refractivity contribution in [3.63, 3.8) is 0 Å². The number of amides is 1. The summed E-state index contributed by atoms with van der Waals surface area (Å²) in [5.74, 6) is 0.928. The van der Waals surface area contributed by atoms with E-state index in [-0.39, 0.29) is 12.5 Å². The van der Waals surface area contributed by atoms with Gasteiger partial charge in [-0.2, -0.15) is 4.98 Å². The topological polar surface area (TPSA) is 81.9 Å². The molecule has 0 saturated heterocycles. The van der Waals surface area contributed by atoms with Gasteiger partial charge in [0.2, 0.25) is 5.88 Å². The van der Waals surface area contributed by atoms with Crippen molar-refractivity contribution in [3.8, 4) is 5.88 Å². The molecule has 4 heterocycles. The van der Waals surface area contributed by atoms with Crippen LogP contribution >= 0.6 is 22.7 Å². The minimum Gasteiger partial charge on any atom is -0.480 e. The molecule has 0 aromatic carbocycles. The predicted molar refractivity (Wildman–Crippen MR) is 118 cm³/mol.